The number of thiazole rings is 1. The number of nitrogens with one attached hydrogen (secondary N) is 1. The van der Waals surface area contributed by atoms with Gasteiger partial charge in [-0.25, -0.2) is 4.98 Å². The number of benzene rings is 1. The molecule has 0 saturated carbocycles. The first-order valence-electron chi connectivity index (χ1n) is 9.68. The monoisotopic (exact) mass is 428 g/mol. The number of aryl methyl sites for hydroxylation is 1. The number of rotatable bonds is 5. The van der Waals surface area contributed by atoms with Crippen LogP contribution in [0.1, 0.15) is 29.8 Å². The number of carbonyl (C=O) groups excluding carboxylic acids is 1. The van der Waals surface area contributed by atoms with E-state index in [0.29, 0.717) is 13.0 Å². The quantitative estimate of drug-likeness (QED) is 0.669. The van der Waals surface area contributed by atoms with Crippen molar-refractivity contribution in [1.29, 1.82) is 0 Å². The number of amides is 1. The number of nitrogens with zero attached hydrogens (tertiary/aromatic N) is 3. The van der Waals surface area contributed by atoms with Gasteiger partial charge in [-0.1, -0.05) is 37.3 Å². The van der Waals surface area contributed by atoms with Gasteiger partial charge in [0, 0.05) is 43.0 Å². The topological polar surface area (TPSA) is 58.1 Å². The second-order valence-electron chi connectivity index (χ2n) is 6.96. The minimum Gasteiger partial charge on any atom is -0.333 e. The lowest BCUT2D eigenvalue weighted by molar-refractivity contribution is -0.133. The summed E-state index contributed by atoms with van der Waals surface area (Å²) in [7, 11) is 0. The fourth-order valence-corrected chi connectivity index (χ4v) is 4.36. The number of pyridine rings is 1. The van der Waals surface area contributed by atoms with Crippen LogP contribution in [0.4, 0.5) is 0 Å². The molecule has 1 aliphatic rings. The zero-order valence-electron chi connectivity index (χ0n) is 16.4. The number of carbonyl (C=O) groups is 1. The van der Waals surface area contributed by atoms with Crippen LogP contribution in [-0.2, 0) is 17.6 Å². The third-order valence-electron chi connectivity index (χ3n) is 5.13. The van der Waals surface area contributed by atoms with Crippen molar-refractivity contribution < 1.29 is 4.79 Å². The fourth-order valence-electron chi connectivity index (χ4n) is 3.53. The van der Waals surface area contributed by atoms with Gasteiger partial charge in [-0.3, -0.25) is 9.78 Å². The van der Waals surface area contributed by atoms with Crippen LogP contribution >= 0.6 is 23.7 Å². The molecule has 152 valence electrons. The highest BCUT2D eigenvalue weighted by molar-refractivity contribution is 7.13. The molecule has 5 nitrogen and oxygen atoms in total. The van der Waals surface area contributed by atoms with Crippen molar-refractivity contribution >= 4 is 29.7 Å². The average Bonchev–Trinajstić information content (AvgIpc) is 3.23. The molecule has 1 fully saturated rings. The van der Waals surface area contributed by atoms with Crippen LogP contribution in [0, 0.1) is 0 Å². The summed E-state index contributed by atoms with van der Waals surface area (Å²) in [4.78, 5) is 23.9. The summed E-state index contributed by atoms with van der Waals surface area (Å²) >= 11 is 1.60. The first-order chi connectivity index (χ1) is 13.7. The van der Waals surface area contributed by atoms with Gasteiger partial charge in [0.25, 0.3) is 0 Å². The van der Waals surface area contributed by atoms with Gasteiger partial charge in [-0.2, -0.15) is 0 Å². The summed E-state index contributed by atoms with van der Waals surface area (Å²) < 4.78 is 0. The molecule has 0 bridgehead atoms. The second kappa shape index (κ2) is 9.96. The number of aromatic nitrogens is 2. The van der Waals surface area contributed by atoms with E-state index in [2.05, 4.69) is 41.5 Å². The summed E-state index contributed by atoms with van der Waals surface area (Å²) in [6.07, 6.45) is 4.97. The summed E-state index contributed by atoms with van der Waals surface area (Å²) in [5.74, 6) is 0.119. The molecule has 2 aromatic heterocycles. The van der Waals surface area contributed by atoms with Crippen molar-refractivity contribution in [3.05, 3.63) is 71.0 Å². The Balaban J connectivity index is 0.00000240. The molecule has 1 aliphatic heterocycles. The van der Waals surface area contributed by atoms with E-state index in [-0.39, 0.29) is 24.4 Å². The maximum absolute atomic E-state index is 13.0. The Labute approximate surface area is 181 Å². The molecular formula is C22H25ClN4OS. The molecule has 1 saturated heterocycles. The Bertz CT molecular complexity index is 930. The van der Waals surface area contributed by atoms with Crippen LogP contribution in [0.25, 0.3) is 10.6 Å². The van der Waals surface area contributed by atoms with Crippen LogP contribution in [0.2, 0.25) is 0 Å². The van der Waals surface area contributed by atoms with Crippen LogP contribution in [0.15, 0.2) is 54.2 Å². The van der Waals surface area contributed by atoms with Crippen LogP contribution < -0.4 is 5.32 Å². The number of halogens is 1. The van der Waals surface area contributed by atoms with Crippen molar-refractivity contribution in [2.24, 2.45) is 0 Å². The molecule has 3 aromatic rings. The summed E-state index contributed by atoms with van der Waals surface area (Å²) in [6.45, 7) is 4.42. The predicted octanol–water partition coefficient (Wildman–Crippen LogP) is 3.90. The Kier molecular flexibility index (Phi) is 7.36. The Morgan fingerprint density at radius 2 is 2.10 bits per heavy atom. The van der Waals surface area contributed by atoms with Gasteiger partial charge in [0.2, 0.25) is 5.91 Å². The Hall–Kier alpha value is -2.28. The van der Waals surface area contributed by atoms with Crippen molar-refractivity contribution in [1.82, 2.24) is 20.2 Å². The molecule has 3 heterocycles. The lowest BCUT2D eigenvalue weighted by atomic mass is 10.0. The molecule has 0 aliphatic carbocycles. The largest absolute Gasteiger partial charge is 0.333 e. The van der Waals surface area contributed by atoms with Crippen molar-refractivity contribution in [2.75, 3.05) is 19.6 Å². The zero-order chi connectivity index (χ0) is 19.3. The molecule has 4 rings (SSSR count). The van der Waals surface area contributed by atoms with Gasteiger partial charge in [0.15, 0.2) is 0 Å². The first-order valence-corrected chi connectivity index (χ1v) is 10.6. The third kappa shape index (κ3) is 5.01. The highest BCUT2D eigenvalue weighted by Gasteiger charge is 2.28. The maximum Gasteiger partial charge on any atom is 0.229 e. The molecule has 0 spiro atoms. The van der Waals surface area contributed by atoms with Gasteiger partial charge < -0.3 is 10.2 Å². The van der Waals surface area contributed by atoms with Crippen molar-refractivity contribution in [3.63, 3.8) is 0 Å². The van der Waals surface area contributed by atoms with Crippen LogP contribution in [0.3, 0.4) is 0 Å². The lowest BCUT2D eigenvalue weighted by Crippen LogP contribution is -2.49. The van der Waals surface area contributed by atoms with E-state index in [1.807, 2.05) is 28.6 Å². The summed E-state index contributed by atoms with van der Waals surface area (Å²) in [6, 6.07) is 12.5. The van der Waals surface area contributed by atoms with E-state index in [1.165, 1.54) is 5.56 Å². The van der Waals surface area contributed by atoms with E-state index in [4.69, 9.17) is 4.98 Å². The first kappa shape index (κ1) is 21.4. The average molecular weight is 429 g/mol. The van der Waals surface area contributed by atoms with E-state index >= 15 is 0 Å². The molecular weight excluding hydrogens is 404 g/mol. The van der Waals surface area contributed by atoms with E-state index in [0.717, 1.165) is 41.3 Å². The Morgan fingerprint density at radius 1 is 1.28 bits per heavy atom. The van der Waals surface area contributed by atoms with Gasteiger partial charge in [0.05, 0.1) is 18.2 Å². The molecule has 1 unspecified atom stereocenters. The normalized spacial score (nSPS) is 16.3. The van der Waals surface area contributed by atoms with E-state index in [9.17, 15) is 4.79 Å². The Morgan fingerprint density at radius 3 is 2.83 bits per heavy atom. The molecule has 7 heteroatoms. The SMILES string of the molecule is CCc1ccc(-c2nc(CC(=O)N3CCNCC3c3cccnc3)cs2)cc1.Cl. The molecule has 1 N–H and O–H groups in total. The molecule has 0 radical (unpaired) electrons. The van der Waals surface area contributed by atoms with Gasteiger partial charge in [0.1, 0.15) is 5.01 Å². The predicted molar refractivity (Wildman–Crippen MR) is 119 cm³/mol. The zero-order valence-corrected chi connectivity index (χ0v) is 18.0. The summed E-state index contributed by atoms with van der Waals surface area (Å²) in [5.41, 5.74) is 4.33. The van der Waals surface area contributed by atoms with Crippen LogP contribution in [-0.4, -0.2) is 40.4 Å². The van der Waals surface area contributed by atoms with Gasteiger partial charge in [-0.05, 0) is 23.6 Å². The smallest absolute Gasteiger partial charge is 0.229 e. The maximum atomic E-state index is 13.0. The second-order valence-corrected chi connectivity index (χ2v) is 7.82. The van der Waals surface area contributed by atoms with E-state index in [1.54, 1.807) is 17.5 Å². The van der Waals surface area contributed by atoms with Crippen LogP contribution in [0.5, 0.6) is 0 Å². The highest BCUT2D eigenvalue weighted by atomic mass is 35.5. The highest BCUT2D eigenvalue weighted by Crippen LogP contribution is 2.26. The minimum absolute atomic E-state index is 0. The molecule has 29 heavy (non-hydrogen) atoms. The fraction of sp³-hybridized carbons (Fsp3) is 0.318. The standard InChI is InChI=1S/C22H24N4OS.ClH/c1-2-16-5-7-17(8-6-16)22-25-19(15-28-22)12-21(27)26-11-10-24-14-20(26)18-4-3-9-23-13-18;/h3-9,13,15,20,24H,2,10-12,14H2,1H3;1H. The van der Waals surface area contributed by atoms with Gasteiger partial charge >= 0.3 is 0 Å². The third-order valence-corrected chi connectivity index (χ3v) is 6.07. The van der Waals surface area contributed by atoms with Crippen molar-refractivity contribution in [3.8, 4) is 10.6 Å². The molecule has 1 aromatic carbocycles. The van der Waals surface area contributed by atoms with Crippen molar-refractivity contribution in [2.45, 2.75) is 25.8 Å². The minimum atomic E-state index is 0. The summed E-state index contributed by atoms with van der Waals surface area (Å²) in [5, 5.41) is 6.35. The number of hydrogen-bond donors (Lipinski definition) is 1. The number of hydrogen-bond acceptors (Lipinski definition) is 5. The number of piperazine rings is 1. The molecule has 1 amide bonds. The molecule has 1 atom stereocenters. The van der Waals surface area contributed by atoms with E-state index < -0.39 is 0 Å². The lowest BCUT2D eigenvalue weighted by Gasteiger charge is -2.36. The van der Waals surface area contributed by atoms with Gasteiger partial charge in [-0.15, -0.1) is 23.7 Å².